The molecule has 30 heavy (non-hydrogen) atoms. The molecular weight excluding hydrogens is 374 g/mol. The second-order valence-corrected chi connectivity index (χ2v) is 7.34. The highest BCUT2D eigenvalue weighted by atomic mass is 16.2. The molecule has 0 saturated carbocycles. The van der Waals surface area contributed by atoms with Crippen LogP contribution in [0.1, 0.15) is 17.8 Å². The second kappa shape index (κ2) is 8.74. The van der Waals surface area contributed by atoms with Crippen LogP contribution in [-0.2, 0) is 17.8 Å². The van der Waals surface area contributed by atoms with Crippen molar-refractivity contribution in [1.82, 2.24) is 14.9 Å². The summed E-state index contributed by atoms with van der Waals surface area (Å²) in [6.45, 7) is 0.537. The summed E-state index contributed by atoms with van der Waals surface area (Å²) in [6.07, 6.45) is 0.691. The SMILES string of the molecule is CN(Cc1ccc(-c2ccccc2)cc1)C(=O)CCc1nc2ccccc2c(=O)[nH]1. The zero-order valence-corrected chi connectivity index (χ0v) is 16.8. The minimum Gasteiger partial charge on any atom is -0.341 e. The molecule has 0 spiro atoms. The Hall–Kier alpha value is -3.73. The van der Waals surface area contributed by atoms with E-state index in [2.05, 4.69) is 46.4 Å². The van der Waals surface area contributed by atoms with Gasteiger partial charge in [-0.25, -0.2) is 4.98 Å². The number of amides is 1. The van der Waals surface area contributed by atoms with Gasteiger partial charge in [0.15, 0.2) is 0 Å². The predicted molar refractivity (Wildman–Crippen MR) is 119 cm³/mol. The maximum Gasteiger partial charge on any atom is 0.258 e. The van der Waals surface area contributed by atoms with Crippen molar-refractivity contribution in [2.24, 2.45) is 0 Å². The van der Waals surface area contributed by atoms with E-state index in [1.165, 1.54) is 5.56 Å². The number of rotatable bonds is 6. The molecule has 0 aliphatic heterocycles. The van der Waals surface area contributed by atoms with Crippen LogP contribution in [0.5, 0.6) is 0 Å². The molecule has 3 aromatic carbocycles. The lowest BCUT2D eigenvalue weighted by Crippen LogP contribution is -2.26. The van der Waals surface area contributed by atoms with Crippen LogP contribution in [0.25, 0.3) is 22.0 Å². The Labute approximate surface area is 175 Å². The van der Waals surface area contributed by atoms with Crippen molar-refractivity contribution < 1.29 is 4.79 Å². The van der Waals surface area contributed by atoms with Gasteiger partial charge in [-0.15, -0.1) is 0 Å². The molecule has 1 heterocycles. The van der Waals surface area contributed by atoms with Gasteiger partial charge < -0.3 is 9.88 Å². The number of nitrogens with one attached hydrogen (secondary N) is 1. The van der Waals surface area contributed by atoms with E-state index in [0.29, 0.717) is 36.1 Å². The van der Waals surface area contributed by atoms with Gasteiger partial charge in [-0.05, 0) is 28.8 Å². The molecule has 150 valence electrons. The predicted octanol–water partition coefficient (Wildman–Crippen LogP) is 4.18. The average molecular weight is 397 g/mol. The van der Waals surface area contributed by atoms with Crippen molar-refractivity contribution in [3.8, 4) is 11.1 Å². The average Bonchev–Trinajstić information content (AvgIpc) is 2.78. The fourth-order valence-corrected chi connectivity index (χ4v) is 3.46. The van der Waals surface area contributed by atoms with Gasteiger partial charge in [-0.1, -0.05) is 66.7 Å². The lowest BCUT2D eigenvalue weighted by Gasteiger charge is -2.17. The van der Waals surface area contributed by atoms with E-state index >= 15 is 0 Å². The fraction of sp³-hybridized carbons (Fsp3) is 0.160. The summed E-state index contributed by atoms with van der Waals surface area (Å²) in [5.74, 6) is 0.547. The quantitative estimate of drug-likeness (QED) is 0.531. The summed E-state index contributed by atoms with van der Waals surface area (Å²) >= 11 is 0. The largest absolute Gasteiger partial charge is 0.341 e. The van der Waals surface area contributed by atoms with Gasteiger partial charge >= 0.3 is 0 Å². The molecule has 4 rings (SSSR count). The Balaban J connectivity index is 1.37. The zero-order chi connectivity index (χ0) is 20.9. The molecule has 4 aromatic rings. The molecule has 1 amide bonds. The summed E-state index contributed by atoms with van der Waals surface area (Å²) in [6, 6.07) is 25.7. The molecule has 0 saturated heterocycles. The molecule has 0 aliphatic carbocycles. The van der Waals surface area contributed by atoms with Crippen molar-refractivity contribution in [2.45, 2.75) is 19.4 Å². The lowest BCUT2D eigenvalue weighted by molar-refractivity contribution is -0.130. The number of benzene rings is 3. The zero-order valence-electron chi connectivity index (χ0n) is 16.8. The van der Waals surface area contributed by atoms with Gasteiger partial charge in [-0.3, -0.25) is 9.59 Å². The molecule has 0 unspecified atom stereocenters. The van der Waals surface area contributed by atoms with Crippen molar-refractivity contribution in [3.63, 3.8) is 0 Å². The summed E-state index contributed by atoms with van der Waals surface area (Å²) < 4.78 is 0. The van der Waals surface area contributed by atoms with Gasteiger partial charge in [0.1, 0.15) is 5.82 Å². The maximum atomic E-state index is 12.6. The maximum absolute atomic E-state index is 12.6. The number of hydrogen-bond acceptors (Lipinski definition) is 3. The first-order valence-electron chi connectivity index (χ1n) is 9.96. The fourth-order valence-electron chi connectivity index (χ4n) is 3.46. The molecule has 0 aliphatic rings. The van der Waals surface area contributed by atoms with Gasteiger partial charge in [-0.2, -0.15) is 0 Å². The first kappa shape index (κ1) is 19.6. The lowest BCUT2D eigenvalue weighted by atomic mass is 10.0. The Morgan fingerprint density at radius 1 is 0.900 bits per heavy atom. The van der Waals surface area contributed by atoms with Crippen LogP contribution in [0.4, 0.5) is 0 Å². The molecule has 0 atom stereocenters. The van der Waals surface area contributed by atoms with E-state index < -0.39 is 0 Å². The number of para-hydroxylation sites is 1. The number of hydrogen-bond donors (Lipinski definition) is 1. The third kappa shape index (κ3) is 4.46. The standard InChI is InChI=1S/C25H23N3O2/c1-28(17-18-11-13-20(14-12-18)19-7-3-2-4-8-19)24(29)16-15-23-26-22-10-6-5-9-21(22)25(30)27-23/h2-14H,15-17H2,1H3,(H,26,27,30). The Morgan fingerprint density at radius 2 is 1.57 bits per heavy atom. The first-order valence-corrected chi connectivity index (χ1v) is 9.96. The molecule has 0 bridgehead atoms. The number of aromatic nitrogens is 2. The van der Waals surface area contributed by atoms with E-state index in [1.807, 2.05) is 30.3 Å². The number of aromatic amines is 1. The van der Waals surface area contributed by atoms with Gasteiger partial charge in [0.25, 0.3) is 5.56 Å². The van der Waals surface area contributed by atoms with Crippen molar-refractivity contribution in [2.75, 3.05) is 7.05 Å². The number of aryl methyl sites for hydroxylation is 1. The number of carbonyl (C=O) groups is 1. The highest BCUT2D eigenvalue weighted by Crippen LogP contribution is 2.19. The number of H-pyrrole nitrogens is 1. The minimum atomic E-state index is -0.171. The van der Waals surface area contributed by atoms with Crippen LogP contribution < -0.4 is 5.56 Å². The van der Waals surface area contributed by atoms with E-state index in [-0.39, 0.29) is 11.5 Å². The summed E-state index contributed by atoms with van der Waals surface area (Å²) in [5, 5.41) is 0.559. The van der Waals surface area contributed by atoms with Crippen molar-refractivity contribution in [3.05, 3.63) is 101 Å². The van der Waals surface area contributed by atoms with E-state index in [4.69, 9.17) is 0 Å². The molecule has 1 N–H and O–H groups in total. The number of fused-ring (bicyclic) bond motifs is 1. The molecule has 1 aromatic heterocycles. The monoisotopic (exact) mass is 397 g/mol. The topological polar surface area (TPSA) is 66.1 Å². The van der Waals surface area contributed by atoms with Crippen LogP contribution in [0.15, 0.2) is 83.7 Å². The third-order valence-corrected chi connectivity index (χ3v) is 5.14. The summed E-state index contributed by atoms with van der Waals surface area (Å²) in [4.78, 5) is 33.7. The van der Waals surface area contributed by atoms with Gasteiger partial charge in [0.05, 0.1) is 10.9 Å². The summed E-state index contributed by atoms with van der Waals surface area (Å²) in [7, 11) is 1.80. The van der Waals surface area contributed by atoms with Crippen LogP contribution >= 0.6 is 0 Å². The third-order valence-electron chi connectivity index (χ3n) is 5.14. The summed E-state index contributed by atoms with van der Waals surface area (Å²) in [5.41, 5.74) is 3.87. The van der Waals surface area contributed by atoms with Crippen LogP contribution in [0.2, 0.25) is 0 Å². The molecule has 5 heteroatoms. The Bertz CT molecular complexity index is 1210. The van der Waals surface area contributed by atoms with Crippen molar-refractivity contribution in [1.29, 1.82) is 0 Å². The molecule has 0 fully saturated rings. The molecular formula is C25H23N3O2. The van der Waals surface area contributed by atoms with Crippen molar-refractivity contribution >= 4 is 16.8 Å². The Kier molecular flexibility index (Phi) is 5.70. The smallest absolute Gasteiger partial charge is 0.258 e. The van der Waals surface area contributed by atoms with Gasteiger partial charge in [0, 0.05) is 26.4 Å². The van der Waals surface area contributed by atoms with Crippen LogP contribution in [-0.4, -0.2) is 27.8 Å². The molecule has 5 nitrogen and oxygen atoms in total. The van der Waals surface area contributed by atoms with E-state index in [9.17, 15) is 9.59 Å². The molecule has 0 radical (unpaired) electrons. The van der Waals surface area contributed by atoms with Crippen LogP contribution in [0, 0.1) is 0 Å². The first-order chi connectivity index (χ1) is 14.6. The van der Waals surface area contributed by atoms with Gasteiger partial charge in [0.2, 0.25) is 5.91 Å². The van der Waals surface area contributed by atoms with E-state index in [0.717, 1.165) is 11.1 Å². The minimum absolute atomic E-state index is 0.0120. The van der Waals surface area contributed by atoms with E-state index in [1.54, 1.807) is 24.1 Å². The highest BCUT2D eigenvalue weighted by molar-refractivity contribution is 5.78. The van der Waals surface area contributed by atoms with Crippen LogP contribution in [0.3, 0.4) is 0 Å². The highest BCUT2D eigenvalue weighted by Gasteiger charge is 2.11. The second-order valence-electron chi connectivity index (χ2n) is 7.34. The number of carbonyl (C=O) groups excluding carboxylic acids is 1. The normalized spacial score (nSPS) is 10.8. The number of nitrogens with zero attached hydrogens (tertiary/aromatic N) is 2. The Morgan fingerprint density at radius 3 is 2.33 bits per heavy atom.